The summed E-state index contributed by atoms with van der Waals surface area (Å²) in [5.74, 6) is -0.223. The molecule has 1 aromatic heterocycles. The van der Waals surface area contributed by atoms with Crippen molar-refractivity contribution in [3.63, 3.8) is 0 Å². The van der Waals surface area contributed by atoms with Gasteiger partial charge in [-0.1, -0.05) is 6.07 Å². The fourth-order valence-electron chi connectivity index (χ4n) is 2.80. The molecule has 2 aromatic rings. The van der Waals surface area contributed by atoms with E-state index in [0.717, 1.165) is 0 Å². The molecule has 8 heteroatoms. The van der Waals surface area contributed by atoms with Gasteiger partial charge in [-0.05, 0) is 57.4 Å². The van der Waals surface area contributed by atoms with Gasteiger partial charge in [0, 0.05) is 29.2 Å². The van der Waals surface area contributed by atoms with E-state index in [1.54, 1.807) is 36.5 Å². The van der Waals surface area contributed by atoms with Gasteiger partial charge in [0.05, 0.1) is 18.3 Å². The Morgan fingerprint density at radius 1 is 1.07 bits per heavy atom. The summed E-state index contributed by atoms with van der Waals surface area (Å²) in [6.07, 6.45) is 2.46. The number of rotatable bonds is 4. The van der Waals surface area contributed by atoms with Crippen LogP contribution in [0.15, 0.2) is 42.7 Å². The van der Waals surface area contributed by atoms with Crippen molar-refractivity contribution in [2.24, 2.45) is 0 Å². The molecular weight excluding hydrogens is 359 g/mol. The number of amides is 1. The van der Waals surface area contributed by atoms with Crippen molar-refractivity contribution in [3.8, 4) is 0 Å². The number of ketones is 1. The molecule has 1 saturated heterocycles. The van der Waals surface area contributed by atoms with Gasteiger partial charge >= 0.3 is 13.2 Å². The average molecular weight is 382 g/mol. The van der Waals surface area contributed by atoms with Crippen molar-refractivity contribution in [3.05, 3.63) is 53.9 Å². The van der Waals surface area contributed by atoms with Gasteiger partial charge in [-0.2, -0.15) is 0 Å². The highest BCUT2D eigenvalue weighted by atomic mass is 16.7. The van der Waals surface area contributed by atoms with Crippen molar-refractivity contribution >= 4 is 30.1 Å². The zero-order valence-corrected chi connectivity index (χ0v) is 16.6. The Morgan fingerprint density at radius 2 is 1.75 bits per heavy atom. The molecule has 1 N–H and O–H groups in total. The Kier molecular flexibility index (Phi) is 5.27. The summed E-state index contributed by atoms with van der Waals surface area (Å²) in [4.78, 5) is 28.6. The normalized spacial score (nSPS) is 17.2. The van der Waals surface area contributed by atoms with E-state index < -0.39 is 24.4 Å². The molecule has 3 rings (SSSR count). The molecule has 0 aliphatic carbocycles. The summed E-state index contributed by atoms with van der Waals surface area (Å²) in [6.45, 7) is 7.80. The number of ether oxygens (including phenoxy) is 1. The number of hydrogen-bond acceptors (Lipinski definition) is 6. The van der Waals surface area contributed by atoms with E-state index in [9.17, 15) is 9.59 Å². The Bertz CT molecular complexity index is 883. The number of hydrogen-bond donors (Lipinski definition) is 1. The molecule has 1 fully saturated rings. The number of aromatic nitrogens is 1. The second-order valence-corrected chi connectivity index (χ2v) is 7.62. The van der Waals surface area contributed by atoms with Crippen LogP contribution in [-0.2, 0) is 14.0 Å². The molecular formula is C20H23BN2O5. The molecule has 2 heterocycles. The minimum absolute atomic E-state index is 0.223. The van der Waals surface area contributed by atoms with Crippen molar-refractivity contribution in [1.82, 2.24) is 4.98 Å². The number of nitrogens with zero attached hydrogens (tertiary/aromatic N) is 1. The number of carbonyl (C=O) groups is 2. The van der Waals surface area contributed by atoms with Crippen molar-refractivity contribution < 1.29 is 23.6 Å². The van der Waals surface area contributed by atoms with Crippen LogP contribution in [0.4, 0.5) is 10.5 Å². The Hall–Kier alpha value is -2.71. The van der Waals surface area contributed by atoms with Crippen molar-refractivity contribution in [2.45, 2.75) is 38.9 Å². The van der Waals surface area contributed by atoms with E-state index >= 15 is 0 Å². The summed E-state index contributed by atoms with van der Waals surface area (Å²) in [7, 11) is 0.597. The quantitative estimate of drug-likeness (QED) is 0.647. The van der Waals surface area contributed by atoms with E-state index in [1.807, 2.05) is 27.7 Å². The Morgan fingerprint density at radius 3 is 2.32 bits per heavy atom. The van der Waals surface area contributed by atoms with E-state index in [2.05, 4.69) is 15.0 Å². The first-order valence-corrected chi connectivity index (χ1v) is 8.93. The van der Waals surface area contributed by atoms with Gasteiger partial charge in [0.1, 0.15) is 0 Å². The fourth-order valence-corrected chi connectivity index (χ4v) is 2.80. The van der Waals surface area contributed by atoms with E-state index in [-0.39, 0.29) is 5.78 Å². The smallest absolute Gasteiger partial charge is 0.453 e. The molecule has 0 saturated carbocycles. The second kappa shape index (κ2) is 7.37. The van der Waals surface area contributed by atoms with E-state index in [4.69, 9.17) is 9.31 Å². The van der Waals surface area contributed by atoms with Crippen molar-refractivity contribution in [2.75, 3.05) is 12.4 Å². The molecule has 7 nitrogen and oxygen atoms in total. The molecule has 1 amide bonds. The molecule has 1 aromatic carbocycles. The predicted octanol–water partition coefficient (Wildman–Crippen LogP) is 2.79. The van der Waals surface area contributed by atoms with Crippen LogP contribution < -0.4 is 10.8 Å². The topological polar surface area (TPSA) is 86.8 Å². The largest absolute Gasteiger partial charge is 0.494 e. The molecule has 0 atom stereocenters. The zero-order valence-electron chi connectivity index (χ0n) is 16.6. The van der Waals surface area contributed by atoms with Gasteiger partial charge in [0.25, 0.3) is 0 Å². The monoisotopic (exact) mass is 382 g/mol. The lowest BCUT2D eigenvalue weighted by molar-refractivity contribution is 0.00578. The average Bonchev–Trinajstić information content (AvgIpc) is 2.89. The molecule has 28 heavy (non-hydrogen) atoms. The summed E-state index contributed by atoms with van der Waals surface area (Å²) < 4.78 is 16.8. The third-order valence-corrected chi connectivity index (χ3v) is 5.10. The van der Waals surface area contributed by atoms with Crippen LogP contribution >= 0.6 is 0 Å². The highest BCUT2D eigenvalue weighted by Crippen LogP contribution is 2.36. The first kappa shape index (κ1) is 20.0. The Balaban J connectivity index is 2.01. The Labute approximate surface area is 164 Å². The van der Waals surface area contributed by atoms with Crippen LogP contribution in [0, 0.1) is 0 Å². The first-order valence-electron chi connectivity index (χ1n) is 8.93. The summed E-state index contributed by atoms with van der Waals surface area (Å²) in [5.41, 5.74) is 0.795. The first-order chi connectivity index (χ1) is 13.1. The van der Waals surface area contributed by atoms with Crippen LogP contribution in [0.1, 0.15) is 43.6 Å². The predicted molar refractivity (Wildman–Crippen MR) is 106 cm³/mol. The number of carbonyl (C=O) groups excluding carboxylic acids is 2. The standard InChI is InChI=1S/C20H23BN2O5/c1-19(2)20(3,4)28-21(27-19)15-9-14(10-16(11-15)23-18(25)26-5)17(24)13-7-6-8-22-12-13/h6-12H,1-5H3,(H,23,25). The third kappa shape index (κ3) is 3.93. The molecule has 0 radical (unpaired) electrons. The van der Waals surface area contributed by atoms with Gasteiger partial charge in [0.15, 0.2) is 5.78 Å². The van der Waals surface area contributed by atoms with Gasteiger partial charge in [-0.25, -0.2) is 4.79 Å². The van der Waals surface area contributed by atoms with Crippen LogP contribution in [0.3, 0.4) is 0 Å². The maximum Gasteiger partial charge on any atom is 0.494 e. The maximum atomic E-state index is 12.9. The van der Waals surface area contributed by atoms with Crippen LogP contribution in [0.5, 0.6) is 0 Å². The SMILES string of the molecule is COC(=O)Nc1cc(B2OC(C)(C)C(C)(C)O2)cc(C(=O)c2cccnc2)c1. The molecule has 146 valence electrons. The molecule has 1 aliphatic rings. The summed E-state index contributed by atoms with van der Waals surface area (Å²) >= 11 is 0. The number of nitrogens with one attached hydrogen (secondary N) is 1. The van der Waals surface area contributed by atoms with Gasteiger partial charge in [-0.15, -0.1) is 0 Å². The van der Waals surface area contributed by atoms with E-state index in [1.165, 1.54) is 13.3 Å². The van der Waals surface area contributed by atoms with Crippen LogP contribution in [0.25, 0.3) is 0 Å². The highest BCUT2D eigenvalue weighted by molar-refractivity contribution is 6.62. The van der Waals surface area contributed by atoms with Gasteiger partial charge in [0.2, 0.25) is 0 Å². The summed E-state index contributed by atoms with van der Waals surface area (Å²) in [5, 5.41) is 2.60. The lowest BCUT2D eigenvalue weighted by Crippen LogP contribution is -2.41. The number of methoxy groups -OCH3 is 1. The number of benzene rings is 1. The molecule has 0 spiro atoms. The maximum absolute atomic E-state index is 12.9. The second-order valence-electron chi connectivity index (χ2n) is 7.62. The summed E-state index contributed by atoms with van der Waals surface area (Å²) in [6, 6.07) is 8.38. The minimum atomic E-state index is -0.676. The molecule has 0 unspecified atom stereocenters. The van der Waals surface area contributed by atoms with Crippen molar-refractivity contribution in [1.29, 1.82) is 0 Å². The molecule has 0 bridgehead atoms. The van der Waals surface area contributed by atoms with E-state index in [0.29, 0.717) is 22.3 Å². The fraction of sp³-hybridized carbons (Fsp3) is 0.350. The van der Waals surface area contributed by atoms with Gasteiger partial charge in [-0.3, -0.25) is 15.1 Å². The number of anilines is 1. The highest BCUT2D eigenvalue weighted by Gasteiger charge is 2.51. The molecule has 1 aliphatic heterocycles. The zero-order chi connectivity index (χ0) is 20.5. The number of pyridine rings is 1. The lowest BCUT2D eigenvalue weighted by Gasteiger charge is -2.32. The third-order valence-electron chi connectivity index (χ3n) is 5.10. The van der Waals surface area contributed by atoms with Gasteiger partial charge < -0.3 is 14.0 Å². The van der Waals surface area contributed by atoms with Crippen LogP contribution in [-0.4, -0.2) is 42.3 Å². The lowest BCUT2D eigenvalue weighted by atomic mass is 9.77. The minimum Gasteiger partial charge on any atom is -0.453 e. The van der Waals surface area contributed by atoms with Crippen LogP contribution in [0.2, 0.25) is 0 Å².